The van der Waals surface area contributed by atoms with Gasteiger partial charge in [0.2, 0.25) is 0 Å². The summed E-state index contributed by atoms with van der Waals surface area (Å²) in [5, 5.41) is 10.6. The molecule has 0 saturated carbocycles. The molecule has 3 heteroatoms. The van der Waals surface area contributed by atoms with Gasteiger partial charge in [-0.1, -0.05) is 24.7 Å². The second-order valence-corrected chi connectivity index (χ2v) is 5.78. The van der Waals surface area contributed by atoms with E-state index in [2.05, 4.69) is 19.2 Å². The minimum Gasteiger partial charge on any atom is -0.192 e. The molecule has 0 saturated heterocycles. The van der Waals surface area contributed by atoms with Crippen LogP contribution in [0.1, 0.15) is 5.56 Å². The lowest BCUT2D eigenvalue weighted by Crippen LogP contribution is -2.25. The lowest BCUT2D eigenvalue weighted by molar-refractivity contribution is 1.50. The number of hydrogen-bond acceptors (Lipinski definition) is 1. The van der Waals surface area contributed by atoms with Crippen LogP contribution in [0, 0.1) is 11.3 Å². The van der Waals surface area contributed by atoms with E-state index in [-0.39, 0.29) is 0 Å². The quantitative estimate of drug-likeness (QED) is 0.629. The fraction of sp³-hybridized carbons (Fsp3) is 0.222. The minimum atomic E-state index is -0.583. The van der Waals surface area contributed by atoms with Crippen molar-refractivity contribution < 1.29 is 0 Å². The summed E-state index contributed by atoms with van der Waals surface area (Å²) < 4.78 is 0. The Kier molecular flexibility index (Phi) is 2.91. The highest BCUT2D eigenvalue weighted by atomic mass is 35.5. The highest BCUT2D eigenvalue weighted by Crippen LogP contribution is 2.08. The molecule has 0 bridgehead atoms. The largest absolute Gasteiger partial charge is 0.192 e. The fourth-order valence-corrected chi connectivity index (χ4v) is 2.41. The number of hydrogen-bond donors (Lipinski definition) is 0. The molecule has 1 rings (SSSR count). The van der Waals surface area contributed by atoms with E-state index in [9.17, 15) is 0 Å². The van der Waals surface area contributed by atoms with Crippen LogP contribution >= 0.6 is 11.6 Å². The first-order valence-electron chi connectivity index (χ1n) is 3.65. The van der Waals surface area contributed by atoms with Crippen LogP contribution in [0.4, 0.5) is 0 Å². The molecule has 0 aromatic heterocycles. The summed E-state index contributed by atoms with van der Waals surface area (Å²) in [6, 6.07) is 7.61. The summed E-state index contributed by atoms with van der Waals surface area (Å²) in [5.74, 6) is 0. The number of benzene rings is 1. The zero-order chi connectivity index (χ0) is 9.14. The van der Waals surface area contributed by atoms with Crippen LogP contribution in [0.5, 0.6) is 0 Å². The number of nitrogens with zero attached hydrogens (tertiary/aromatic N) is 1. The molecule has 1 aromatic carbocycles. The average molecular weight is 195 g/mol. The average Bonchev–Trinajstić information content (AvgIpc) is 2.04. The summed E-state index contributed by atoms with van der Waals surface area (Å²) in [7, 11) is -0.583. The van der Waals surface area contributed by atoms with Gasteiger partial charge in [0.1, 0.15) is 0 Å². The third-order valence-electron chi connectivity index (χ3n) is 1.64. The van der Waals surface area contributed by atoms with Crippen LogP contribution in [0.25, 0.3) is 0 Å². The first kappa shape index (κ1) is 9.31. The van der Waals surface area contributed by atoms with Crippen LogP contribution in [0.15, 0.2) is 18.2 Å². The third kappa shape index (κ3) is 1.88. The van der Waals surface area contributed by atoms with Crippen molar-refractivity contribution in [3.05, 3.63) is 28.8 Å². The molecule has 0 heterocycles. The molecule has 1 aromatic rings. The van der Waals surface area contributed by atoms with Gasteiger partial charge in [-0.3, -0.25) is 0 Å². The van der Waals surface area contributed by atoms with Crippen molar-refractivity contribution in [2.45, 2.75) is 13.1 Å². The van der Waals surface area contributed by atoms with Crippen LogP contribution in [-0.4, -0.2) is 8.80 Å². The van der Waals surface area contributed by atoms with E-state index in [1.54, 1.807) is 12.1 Å². The highest BCUT2D eigenvalue weighted by Gasteiger charge is 2.07. The maximum atomic E-state index is 8.78. The third-order valence-corrected chi connectivity index (χ3v) is 3.37. The predicted octanol–water partition coefficient (Wildman–Crippen LogP) is 2.17. The number of nitriles is 1. The van der Waals surface area contributed by atoms with E-state index in [4.69, 9.17) is 16.9 Å². The van der Waals surface area contributed by atoms with Gasteiger partial charge < -0.3 is 0 Å². The highest BCUT2D eigenvalue weighted by molar-refractivity contribution is 6.71. The van der Waals surface area contributed by atoms with Gasteiger partial charge in [0.25, 0.3) is 0 Å². The van der Waals surface area contributed by atoms with Crippen molar-refractivity contribution in [2.24, 2.45) is 0 Å². The number of halogens is 1. The maximum Gasteiger partial charge on any atom is 0.0990 e. The normalized spacial score (nSPS) is 9.92. The van der Waals surface area contributed by atoms with Crippen molar-refractivity contribution in [2.75, 3.05) is 0 Å². The summed E-state index contributed by atoms with van der Waals surface area (Å²) in [6.45, 7) is 4.30. The van der Waals surface area contributed by atoms with E-state index in [0.29, 0.717) is 0 Å². The van der Waals surface area contributed by atoms with E-state index in [0.717, 1.165) is 15.8 Å². The fourth-order valence-electron chi connectivity index (χ4n) is 1.03. The van der Waals surface area contributed by atoms with Crippen LogP contribution in [-0.2, 0) is 0 Å². The molecule has 0 fully saturated rings. The van der Waals surface area contributed by atoms with Gasteiger partial charge in [-0.15, -0.1) is 0 Å². The molecule has 0 aliphatic carbocycles. The van der Waals surface area contributed by atoms with Crippen molar-refractivity contribution in [3.8, 4) is 6.07 Å². The Bertz CT molecular complexity index is 328. The first-order chi connectivity index (χ1) is 5.65. The van der Waals surface area contributed by atoms with Crippen molar-refractivity contribution in [1.82, 2.24) is 0 Å². The molecule has 0 amide bonds. The SMILES string of the molecule is C[Si](C)c1cc(Cl)ccc1C#N. The first-order valence-corrected chi connectivity index (χ1v) is 6.53. The van der Waals surface area contributed by atoms with E-state index < -0.39 is 8.80 Å². The number of rotatable bonds is 1. The molecular weight excluding hydrogens is 186 g/mol. The molecule has 61 valence electrons. The van der Waals surface area contributed by atoms with Gasteiger partial charge in [0, 0.05) is 5.02 Å². The lowest BCUT2D eigenvalue weighted by Gasteiger charge is -2.05. The van der Waals surface area contributed by atoms with Gasteiger partial charge >= 0.3 is 0 Å². The smallest absolute Gasteiger partial charge is 0.0990 e. The van der Waals surface area contributed by atoms with E-state index in [1.807, 2.05) is 6.07 Å². The molecule has 0 aliphatic heterocycles. The molecule has 0 spiro atoms. The summed E-state index contributed by atoms with van der Waals surface area (Å²) >= 11 is 5.82. The zero-order valence-corrected chi connectivity index (χ0v) is 8.81. The Hall–Kier alpha value is -0.783. The molecule has 0 aliphatic rings. The molecule has 1 nitrogen and oxygen atoms in total. The Labute approximate surface area is 79.2 Å². The maximum absolute atomic E-state index is 8.78. The van der Waals surface area contributed by atoms with Gasteiger partial charge in [0.05, 0.1) is 20.4 Å². The Morgan fingerprint density at radius 3 is 2.58 bits per heavy atom. The molecule has 0 atom stereocenters. The summed E-state index contributed by atoms with van der Waals surface area (Å²) in [6.07, 6.45) is 0. The topological polar surface area (TPSA) is 23.8 Å². The molecule has 12 heavy (non-hydrogen) atoms. The molecular formula is C9H9ClNSi. The Balaban J connectivity index is 3.24. The standard InChI is InChI=1S/C9H9ClNSi/c1-12(2)9-5-8(10)4-3-7(9)6-11/h3-5H,1-2H3. The monoisotopic (exact) mass is 194 g/mol. The molecule has 0 unspecified atom stereocenters. The van der Waals surface area contributed by atoms with E-state index >= 15 is 0 Å². The second kappa shape index (κ2) is 3.75. The summed E-state index contributed by atoms with van der Waals surface area (Å²) in [5.41, 5.74) is 0.762. The van der Waals surface area contributed by atoms with Crippen molar-refractivity contribution in [3.63, 3.8) is 0 Å². The van der Waals surface area contributed by atoms with Crippen molar-refractivity contribution >= 4 is 25.6 Å². The molecule has 1 radical (unpaired) electrons. The second-order valence-electron chi connectivity index (χ2n) is 2.80. The van der Waals surface area contributed by atoms with Gasteiger partial charge in [-0.05, 0) is 23.4 Å². The van der Waals surface area contributed by atoms with Gasteiger partial charge in [0.15, 0.2) is 0 Å². The predicted molar refractivity (Wildman–Crippen MR) is 53.3 cm³/mol. The van der Waals surface area contributed by atoms with E-state index in [1.165, 1.54) is 0 Å². The van der Waals surface area contributed by atoms with Crippen LogP contribution in [0.3, 0.4) is 0 Å². The lowest BCUT2D eigenvalue weighted by atomic mass is 10.2. The van der Waals surface area contributed by atoms with Crippen LogP contribution < -0.4 is 5.19 Å². The zero-order valence-electron chi connectivity index (χ0n) is 7.06. The van der Waals surface area contributed by atoms with Gasteiger partial charge in [-0.2, -0.15) is 5.26 Å². The Morgan fingerprint density at radius 2 is 2.08 bits per heavy atom. The molecule has 0 N–H and O–H groups in total. The summed E-state index contributed by atoms with van der Waals surface area (Å²) in [4.78, 5) is 0. The minimum absolute atomic E-state index is 0.583. The van der Waals surface area contributed by atoms with Gasteiger partial charge in [-0.25, -0.2) is 0 Å². The Morgan fingerprint density at radius 1 is 1.42 bits per heavy atom. The van der Waals surface area contributed by atoms with Crippen LogP contribution in [0.2, 0.25) is 18.1 Å². The van der Waals surface area contributed by atoms with Crippen molar-refractivity contribution in [1.29, 1.82) is 5.26 Å².